The highest BCUT2D eigenvalue weighted by atomic mass is 32.2. The first kappa shape index (κ1) is 11.7. The molecule has 0 spiro atoms. The van der Waals surface area contributed by atoms with Crippen molar-refractivity contribution in [2.75, 3.05) is 12.9 Å². The van der Waals surface area contributed by atoms with Crippen LogP contribution in [0, 0.1) is 0 Å². The van der Waals surface area contributed by atoms with E-state index in [-0.39, 0.29) is 5.56 Å². The molecule has 4 heteroatoms. The molecule has 0 fully saturated rings. The summed E-state index contributed by atoms with van der Waals surface area (Å²) in [4.78, 5) is 11.7. The standard InChI is InChI=1S/C11H12O3S/c1-3-7-14-8-5-4-6-9(15-2)10(8)11(12)13/h3-6H,1,7H2,2H3,(H,12,13). The molecule has 1 rings (SSSR count). The summed E-state index contributed by atoms with van der Waals surface area (Å²) >= 11 is 1.38. The highest BCUT2D eigenvalue weighted by molar-refractivity contribution is 7.98. The summed E-state index contributed by atoms with van der Waals surface area (Å²) in [6.45, 7) is 3.82. The van der Waals surface area contributed by atoms with E-state index in [2.05, 4.69) is 6.58 Å². The van der Waals surface area contributed by atoms with Crippen LogP contribution in [0.1, 0.15) is 10.4 Å². The summed E-state index contributed by atoms with van der Waals surface area (Å²) < 4.78 is 5.28. The third-order valence-electron chi connectivity index (χ3n) is 1.78. The number of hydrogen-bond donors (Lipinski definition) is 1. The van der Waals surface area contributed by atoms with E-state index in [1.807, 2.05) is 6.26 Å². The van der Waals surface area contributed by atoms with E-state index < -0.39 is 5.97 Å². The Kier molecular flexibility index (Phi) is 4.24. The van der Waals surface area contributed by atoms with Gasteiger partial charge in [0.1, 0.15) is 17.9 Å². The predicted molar refractivity (Wildman–Crippen MR) is 60.9 cm³/mol. The van der Waals surface area contributed by atoms with Crippen LogP contribution in [0.25, 0.3) is 0 Å². The number of ether oxygens (including phenoxy) is 1. The van der Waals surface area contributed by atoms with Crippen molar-refractivity contribution < 1.29 is 14.6 Å². The molecule has 0 aliphatic heterocycles. The van der Waals surface area contributed by atoms with Crippen molar-refractivity contribution in [2.45, 2.75) is 4.90 Å². The average molecular weight is 224 g/mol. The Balaban J connectivity index is 3.12. The largest absolute Gasteiger partial charge is 0.489 e. The minimum Gasteiger partial charge on any atom is -0.489 e. The summed E-state index contributed by atoms with van der Waals surface area (Å²) in [6, 6.07) is 5.18. The Morgan fingerprint density at radius 1 is 1.67 bits per heavy atom. The zero-order valence-electron chi connectivity index (χ0n) is 8.40. The van der Waals surface area contributed by atoms with Crippen LogP contribution >= 0.6 is 11.8 Å². The van der Waals surface area contributed by atoms with Crippen LogP contribution in [0.15, 0.2) is 35.7 Å². The molecule has 0 saturated heterocycles. The van der Waals surface area contributed by atoms with E-state index in [9.17, 15) is 4.79 Å². The lowest BCUT2D eigenvalue weighted by atomic mass is 10.2. The lowest BCUT2D eigenvalue weighted by Crippen LogP contribution is -2.04. The maximum Gasteiger partial charge on any atom is 0.340 e. The van der Waals surface area contributed by atoms with E-state index in [0.717, 1.165) is 0 Å². The van der Waals surface area contributed by atoms with Crippen molar-refractivity contribution in [3.05, 3.63) is 36.4 Å². The molecule has 0 heterocycles. The van der Waals surface area contributed by atoms with Crippen LogP contribution in [0.2, 0.25) is 0 Å². The maximum atomic E-state index is 11.0. The number of thioether (sulfide) groups is 1. The van der Waals surface area contributed by atoms with Crippen molar-refractivity contribution >= 4 is 17.7 Å². The number of aromatic carboxylic acids is 1. The zero-order valence-corrected chi connectivity index (χ0v) is 9.21. The third kappa shape index (κ3) is 2.76. The fraction of sp³-hybridized carbons (Fsp3) is 0.182. The van der Waals surface area contributed by atoms with Crippen molar-refractivity contribution in [3.8, 4) is 5.75 Å². The van der Waals surface area contributed by atoms with Crippen molar-refractivity contribution in [2.24, 2.45) is 0 Å². The van der Waals surface area contributed by atoms with Gasteiger partial charge in [-0.3, -0.25) is 0 Å². The van der Waals surface area contributed by atoms with E-state index in [4.69, 9.17) is 9.84 Å². The van der Waals surface area contributed by atoms with E-state index in [1.54, 1.807) is 24.3 Å². The quantitative estimate of drug-likeness (QED) is 0.617. The first-order valence-electron chi connectivity index (χ1n) is 4.34. The molecule has 3 nitrogen and oxygen atoms in total. The Bertz CT molecular complexity index is 374. The fourth-order valence-corrected chi connectivity index (χ4v) is 1.77. The Morgan fingerprint density at radius 2 is 2.40 bits per heavy atom. The number of rotatable bonds is 5. The summed E-state index contributed by atoms with van der Waals surface area (Å²) in [5.74, 6) is -0.590. The van der Waals surface area contributed by atoms with Gasteiger partial charge in [-0.25, -0.2) is 4.79 Å². The normalized spacial score (nSPS) is 9.67. The topological polar surface area (TPSA) is 46.5 Å². The molecule has 1 aromatic rings. The van der Waals surface area contributed by atoms with Gasteiger partial charge in [-0.1, -0.05) is 18.7 Å². The van der Waals surface area contributed by atoms with Gasteiger partial charge >= 0.3 is 5.97 Å². The third-order valence-corrected chi connectivity index (χ3v) is 2.56. The number of carboxylic acids is 1. The van der Waals surface area contributed by atoms with Gasteiger partial charge in [0.15, 0.2) is 0 Å². The van der Waals surface area contributed by atoms with Gasteiger partial charge in [0.05, 0.1) is 0 Å². The first-order chi connectivity index (χ1) is 7.20. The molecule has 1 aromatic carbocycles. The molecule has 80 valence electrons. The second-order valence-corrected chi connectivity index (χ2v) is 3.59. The van der Waals surface area contributed by atoms with Gasteiger partial charge in [-0.05, 0) is 18.4 Å². The minimum atomic E-state index is -0.973. The number of benzene rings is 1. The van der Waals surface area contributed by atoms with Crippen LogP contribution in [-0.4, -0.2) is 23.9 Å². The van der Waals surface area contributed by atoms with E-state index >= 15 is 0 Å². The maximum absolute atomic E-state index is 11.0. The molecule has 0 aliphatic rings. The number of hydrogen-bond acceptors (Lipinski definition) is 3. The molecule has 0 aromatic heterocycles. The molecule has 0 amide bonds. The van der Waals surface area contributed by atoms with Gasteiger partial charge < -0.3 is 9.84 Å². The molecule has 15 heavy (non-hydrogen) atoms. The summed E-state index contributed by atoms with van der Waals surface area (Å²) in [5, 5.41) is 9.06. The molecular weight excluding hydrogens is 212 g/mol. The fourth-order valence-electron chi connectivity index (χ4n) is 1.16. The summed E-state index contributed by atoms with van der Waals surface area (Å²) in [7, 11) is 0. The lowest BCUT2D eigenvalue weighted by Gasteiger charge is -2.09. The van der Waals surface area contributed by atoms with Gasteiger partial charge in [-0.2, -0.15) is 0 Å². The van der Waals surface area contributed by atoms with Gasteiger partial charge in [0.2, 0.25) is 0 Å². The van der Waals surface area contributed by atoms with Crippen LogP contribution < -0.4 is 4.74 Å². The lowest BCUT2D eigenvalue weighted by molar-refractivity contribution is 0.0689. The summed E-state index contributed by atoms with van der Waals surface area (Å²) in [5.41, 5.74) is 0.215. The SMILES string of the molecule is C=CCOc1cccc(SC)c1C(=O)O. The van der Waals surface area contributed by atoms with Crippen molar-refractivity contribution in [1.29, 1.82) is 0 Å². The second kappa shape index (κ2) is 5.46. The highest BCUT2D eigenvalue weighted by Gasteiger charge is 2.15. The molecular formula is C11H12O3S. The molecule has 1 N–H and O–H groups in total. The molecule has 0 aliphatic carbocycles. The first-order valence-corrected chi connectivity index (χ1v) is 5.57. The smallest absolute Gasteiger partial charge is 0.340 e. The number of carbonyl (C=O) groups is 1. The minimum absolute atomic E-state index is 0.215. The van der Waals surface area contributed by atoms with Crippen LogP contribution in [0.4, 0.5) is 0 Å². The molecule has 0 unspecified atom stereocenters. The molecule has 0 atom stereocenters. The Hall–Kier alpha value is -1.42. The van der Waals surface area contributed by atoms with E-state index in [1.165, 1.54) is 11.8 Å². The molecule has 0 bridgehead atoms. The summed E-state index contributed by atoms with van der Waals surface area (Å²) in [6.07, 6.45) is 3.41. The second-order valence-electron chi connectivity index (χ2n) is 2.74. The molecule has 0 saturated carbocycles. The Morgan fingerprint density at radius 3 is 2.93 bits per heavy atom. The van der Waals surface area contributed by atoms with Gasteiger partial charge in [0, 0.05) is 4.90 Å². The number of carboxylic acid groups (broad SMARTS) is 1. The van der Waals surface area contributed by atoms with Crippen LogP contribution in [-0.2, 0) is 0 Å². The zero-order chi connectivity index (χ0) is 11.3. The monoisotopic (exact) mass is 224 g/mol. The predicted octanol–water partition coefficient (Wildman–Crippen LogP) is 2.67. The van der Waals surface area contributed by atoms with Crippen molar-refractivity contribution in [3.63, 3.8) is 0 Å². The van der Waals surface area contributed by atoms with E-state index in [0.29, 0.717) is 17.3 Å². The Labute approximate surface area is 92.8 Å². The average Bonchev–Trinajstić information content (AvgIpc) is 2.25. The van der Waals surface area contributed by atoms with Gasteiger partial charge in [0.25, 0.3) is 0 Å². The van der Waals surface area contributed by atoms with Crippen LogP contribution in [0.3, 0.4) is 0 Å². The van der Waals surface area contributed by atoms with Crippen molar-refractivity contribution in [1.82, 2.24) is 0 Å². The van der Waals surface area contributed by atoms with Crippen LogP contribution in [0.5, 0.6) is 5.75 Å². The van der Waals surface area contributed by atoms with Gasteiger partial charge in [-0.15, -0.1) is 11.8 Å². The highest BCUT2D eigenvalue weighted by Crippen LogP contribution is 2.28. The molecule has 0 radical (unpaired) electrons.